The molecule has 0 saturated carbocycles. The van der Waals surface area contributed by atoms with E-state index in [1.165, 1.54) is 0 Å². The summed E-state index contributed by atoms with van der Waals surface area (Å²) in [6, 6.07) is -0.186. The first-order valence-electron chi connectivity index (χ1n) is 7.69. The van der Waals surface area contributed by atoms with Gasteiger partial charge in [0.05, 0.1) is 21.1 Å². The Hall–Kier alpha value is -1.14. The summed E-state index contributed by atoms with van der Waals surface area (Å²) in [5.41, 5.74) is 0. The molecule has 0 aromatic carbocycles. The van der Waals surface area contributed by atoms with Crippen molar-refractivity contribution < 1.29 is 23.9 Å². The van der Waals surface area contributed by atoms with Gasteiger partial charge < -0.3 is 19.1 Å². The van der Waals surface area contributed by atoms with E-state index in [1.54, 1.807) is 0 Å². The predicted octanol–water partition coefficient (Wildman–Crippen LogP) is -0.771. The van der Waals surface area contributed by atoms with Gasteiger partial charge in [0, 0.05) is 12.4 Å². The molecule has 0 spiro atoms. The third kappa shape index (κ3) is 4.68. The van der Waals surface area contributed by atoms with Crippen molar-refractivity contribution in [1.82, 2.24) is 4.90 Å². The largest absolute Gasteiger partial charge is 0.550 e. The van der Waals surface area contributed by atoms with Crippen LogP contribution in [0.2, 0.25) is 0 Å². The number of likely N-dealkylation sites (N-methyl/N-ethyl adjacent to an activating group) is 1. The maximum absolute atomic E-state index is 12.4. The Bertz CT molecular complexity index is 397. The highest BCUT2D eigenvalue weighted by Gasteiger charge is 2.39. The monoisotopic (exact) mass is 298 g/mol. The molecule has 3 aliphatic rings. The smallest absolute Gasteiger partial charge is 0.323 e. The van der Waals surface area contributed by atoms with Crippen molar-refractivity contribution in [3.63, 3.8) is 0 Å². The molecular weight excluding hydrogens is 272 g/mol. The molecule has 2 atom stereocenters. The van der Waals surface area contributed by atoms with Crippen LogP contribution in [-0.2, 0) is 14.3 Å². The van der Waals surface area contributed by atoms with Crippen molar-refractivity contribution >= 4 is 11.9 Å². The topological polar surface area (TPSA) is 69.7 Å². The minimum Gasteiger partial charge on any atom is -0.550 e. The molecule has 3 saturated heterocycles. The van der Waals surface area contributed by atoms with Gasteiger partial charge in [-0.1, -0.05) is 0 Å². The van der Waals surface area contributed by atoms with Crippen LogP contribution in [0.4, 0.5) is 0 Å². The molecule has 0 N–H and O–H groups in total. The van der Waals surface area contributed by atoms with Gasteiger partial charge in [0.2, 0.25) is 0 Å². The number of aliphatic carboxylic acids is 1. The predicted molar refractivity (Wildman–Crippen MR) is 75.1 cm³/mol. The van der Waals surface area contributed by atoms with Crippen molar-refractivity contribution in [2.45, 2.75) is 37.8 Å². The van der Waals surface area contributed by atoms with Gasteiger partial charge >= 0.3 is 5.97 Å². The summed E-state index contributed by atoms with van der Waals surface area (Å²) in [5, 5.41) is 10.9. The molecule has 3 fully saturated rings. The standard InChI is InChI=1S/C15H26N2O4/c1-17(2,3)10-12(9-14(18)19)21-15(20)13-8-11-4-6-16(13)7-5-11/h11-13H,4-10H2,1-3H3. The summed E-state index contributed by atoms with van der Waals surface area (Å²) in [4.78, 5) is 25.4. The number of esters is 1. The number of fused-ring (bicyclic) bond motifs is 3. The van der Waals surface area contributed by atoms with Crippen LogP contribution in [0.15, 0.2) is 0 Å². The van der Waals surface area contributed by atoms with Crippen LogP contribution >= 0.6 is 0 Å². The SMILES string of the molecule is C[N+](C)(C)CC(CC(=O)[O-])OC(=O)C1CC2CCN1CC2. The second kappa shape index (κ2) is 6.32. The molecule has 6 heteroatoms. The lowest BCUT2D eigenvalue weighted by molar-refractivity contribution is -0.873. The number of carbonyl (C=O) groups is 2. The van der Waals surface area contributed by atoms with Gasteiger partial charge in [0.15, 0.2) is 6.10 Å². The first kappa shape index (κ1) is 16.2. The molecule has 21 heavy (non-hydrogen) atoms. The van der Waals surface area contributed by atoms with E-state index < -0.39 is 12.1 Å². The molecule has 6 nitrogen and oxygen atoms in total. The Balaban J connectivity index is 1.95. The second-order valence-corrected chi connectivity index (χ2v) is 7.34. The van der Waals surface area contributed by atoms with E-state index in [0.29, 0.717) is 16.9 Å². The van der Waals surface area contributed by atoms with Gasteiger partial charge in [-0.3, -0.25) is 9.69 Å². The van der Waals surface area contributed by atoms with Crippen LogP contribution in [0.3, 0.4) is 0 Å². The zero-order chi connectivity index (χ0) is 15.6. The van der Waals surface area contributed by atoms with Crippen molar-refractivity contribution in [3.05, 3.63) is 0 Å². The van der Waals surface area contributed by atoms with Crippen LogP contribution in [0.25, 0.3) is 0 Å². The van der Waals surface area contributed by atoms with E-state index >= 15 is 0 Å². The molecule has 2 unspecified atom stereocenters. The van der Waals surface area contributed by atoms with Gasteiger partial charge in [-0.05, 0) is 38.3 Å². The Labute approximate surface area is 126 Å². The number of nitrogens with zero attached hydrogens (tertiary/aromatic N) is 2. The fourth-order valence-corrected chi connectivity index (χ4v) is 3.39. The fourth-order valence-electron chi connectivity index (χ4n) is 3.39. The number of rotatable bonds is 6. The van der Waals surface area contributed by atoms with Crippen LogP contribution in [0.5, 0.6) is 0 Å². The summed E-state index contributed by atoms with van der Waals surface area (Å²) >= 11 is 0. The highest BCUT2D eigenvalue weighted by Crippen LogP contribution is 2.32. The summed E-state index contributed by atoms with van der Waals surface area (Å²) in [6.45, 7) is 2.37. The van der Waals surface area contributed by atoms with Crippen molar-refractivity contribution in [3.8, 4) is 0 Å². The normalized spacial score (nSPS) is 30.0. The molecule has 2 bridgehead atoms. The van der Waals surface area contributed by atoms with E-state index in [9.17, 15) is 14.7 Å². The molecule has 0 aliphatic carbocycles. The first-order chi connectivity index (χ1) is 9.74. The number of carboxylic acids is 1. The van der Waals surface area contributed by atoms with Crippen molar-refractivity contribution in [1.29, 1.82) is 0 Å². The maximum atomic E-state index is 12.4. The summed E-state index contributed by atoms with van der Waals surface area (Å²) in [7, 11) is 5.84. The second-order valence-electron chi connectivity index (χ2n) is 7.34. The Kier molecular flexibility index (Phi) is 4.88. The first-order valence-corrected chi connectivity index (χ1v) is 7.69. The molecule has 0 aromatic heterocycles. The zero-order valence-electron chi connectivity index (χ0n) is 13.2. The fraction of sp³-hybridized carbons (Fsp3) is 0.867. The van der Waals surface area contributed by atoms with E-state index in [1.807, 2.05) is 21.1 Å². The van der Waals surface area contributed by atoms with Crippen LogP contribution in [0.1, 0.15) is 25.7 Å². The van der Waals surface area contributed by atoms with E-state index in [-0.39, 0.29) is 18.4 Å². The number of hydrogen-bond donors (Lipinski definition) is 0. The molecule has 0 amide bonds. The number of quaternary nitrogens is 1. The third-order valence-corrected chi connectivity index (χ3v) is 4.35. The summed E-state index contributed by atoms with van der Waals surface area (Å²) in [5.74, 6) is -0.823. The molecule has 0 aromatic rings. The minimum absolute atomic E-state index is 0.186. The highest BCUT2D eigenvalue weighted by molar-refractivity contribution is 5.77. The Morgan fingerprint density at radius 2 is 1.90 bits per heavy atom. The van der Waals surface area contributed by atoms with Gasteiger partial charge in [-0.15, -0.1) is 0 Å². The number of hydrogen-bond acceptors (Lipinski definition) is 5. The third-order valence-electron chi connectivity index (χ3n) is 4.35. The highest BCUT2D eigenvalue weighted by atomic mass is 16.5. The Morgan fingerprint density at radius 1 is 1.29 bits per heavy atom. The zero-order valence-corrected chi connectivity index (χ0v) is 13.2. The van der Waals surface area contributed by atoms with Gasteiger partial charge in [-0.2, -0.15) is 0 Å². The Morgan fingerprint density at radius 3 is 2.33 bits per heavy atom. The molecule has 3 aliphatic heterocycles. The molecule has 3 rings (SSSR count). The lowest BCUT2D eigenvalue weighted by Crippen LogP contribution is -2.54. The van der Waals surface area contributed by atoms with Crippen LogP contribution < -0.4 is 5.11 Å². The average molecular weight is 298 g/mol. The van der Waals surface area contributed by atoms with Gasteiger partial charge in [-0.25, -0.2) is 0 Å². The summed E-state index contributed by atoms with van der Waals surface area (Å²) in [6.07, 6.45) is 2.30. The molecule has 3 heterocycles. The number of carboxylic acid groups (broad SMARTS) is 1. The van der Waals surface area contributed by atoms with E-state index in [4.69, 9.17) is 4.74 Å². The lowest BCUT2D eigenvalue weighted by Gasteiger charge is -2.44. The van der Waals surface area contributed by atoms with Crippen molar-refractivity contribution in [2.75, 3.05) is 40.8 Å². The van der Waals surface area contributed by atoms with E-state index in [2.05, 4.69) is 4.90 Å². The van der Waals surface area contributed by atoms with Crippen LogP contribution in [-0.4, -0.2) is 74.2 Å². The van der Waals surface area contributed by atoms with Crippen LogP contribution in [0, 0.1) is 5.92 Å². The number of ether oxygens (including phenoxy) is 1. The maximum Gasteiger partial charge on any atom is 0.323 e. The van der Waals surface area contributed by atoms with Gasteiger partial charge in [0.25, 0.3) is 0 Å². The quantitative estimate of drug-likeness (QED) is 0.476. The van der Waals surface area contributed by atoms with Gasteiger partial charge in [0.1, 0.15) is 12.6 Å². The lowest BCUT2D eigenvalue weighted by atomic mass is 9.83. The summed E-state index contributed by atoms with van der Waals surface area (Å²) < 4.78 is 6.06. The number of piperidine rings is 3. The minimum atomic E-state index is -1.17. The van der Waals surface area contributed by atoms with Crippen molar-refractivity contribution in [2.24, 2.45) is 5.92 Å². The van der Waals surface area contributed by atoms with E-state index in [0.717, 1.165) is 32.4 Å². The average Bonchev–Trinajstić information content (AvgIpc) is 2.37. The molecule has 0 radical (unpaired) electrons. The molecule has 120 valence electrons. The number of carbonyl (C=O) groups excluding carboxylic acids is 2. The molecular formula is C15H26N2O4.